The van der Waals surface area contributed by atoms with Crippen molar-refractivity contribution < 1.29 is 9.94 Å². The van der Waals surface area contributed by atoms with Gasteiger partial charge in [-0.1, -0.05) is 4.85 Å². The fourth-order valence-corrected chi connectivity index (χ4v) is 0.605. The molecule has 50 valence electrons. The van der Waals surface area contributed by atoms with Crippen LogP contribution in [0.15, 0.2) is 6.07 Å². The van der Waals surface area contributed by atoms with Gasteiger partial charge in [0.1, 0.15) is 0 Å². The maximum absolute atomic E-state index is 8.81. The lowest BCUT2D eigenvalue weighted by Gasteiger charge is -1.93. The number of hydrogen-bond acceptors (Lipinski definition) is 3. The van der Waals surface area contributed by atoms with Gasteiger partial charge < -0.3 is 9.94 Å². The van der Waals surface area contributed by atoms with Crippen molar-refractivity contribution >= 4 is 0 Å². The third-order valence-corrected chi connectivity index (χ3v) is 0.991. The van der Waals surface area contributed by atoms with Crippen molar-refractivity contribution in [3.63, 3.8) is 0 Å². The largest absolute Gasteiger partial charge is 0.479 e. The molecule has 0 spiro atoms. The summed E-state index contributed by atoms with van der Waals surface area (Å²) in [6.45, 7) is 1.77. The van der Waals surface area contributed by atoms with Crippen molar-refractivity contribution in [3.8, 4) is 5.88 Å². The first-order valence-corrected chi connectivity index (χ1v) is 2.54. The Morgan fingerprint density at radius 1 is 1.78 bits per heavy atom. The van der Waals surface area contributed by atoms with Crippen LogP contribution < -0.4 is 4.74 Å². The molecular formula is C5H8N2O2. The summed E-state index contributed by atoms with van der Waals surface area (Å²) in [4.78, 5) is 0.704. The molecule has 0 radical (unpaired) electrons. The maximum atomic E-state index is 8.81. The molecule has 1 N–H and O–H groups in total. The zero-order valence-corrected chi connectivity index (χ0v) is 5.33. The minimum Gasteiger partial charge on any atom is -0.479 e. The molecule has 1 aromatic heterocycles. The molecule has 1 aromatic rings. The van der Waals surface area contributed by atoms with E-state index >= 15 is 0 Å². The first-order chi connectivity index (χ1) is 4.24. The van der Waals surface area contributed by atoms with Gasteiger partial charge in [0.15, 0.2) is 0 Å². The van der Waals surface area contributed by atoms with Crippen molar-refractivity contribution in [3.05, 3.63) is 11.8 Å². The Balaban J connectivity index is 3.01. The Labute approximate surface area is 52.6 Å². The molecular weight excluding hydrogens is 120 g/mol. The van der Waals surface area contributed by atoms with Crippen LogP contribution in [0.2, 0.25) is 0 Å². The first-order valence-electron chi connectivity index (χ1n) is 2.54. The smallest absolute Gasteiger partial charge is 0.250 e. The second-order valence-electron chi connectivity index (χ2n) is 1.72. The Kier molecular flexibility index (Phi) is 1.30. The van der Waals surface area contributed by atoms with E-state index in [4.69, 9.17) is 9.94 Å². The highest BCUT2D eigenvalue weighted by Gasteiger charge is 2.00. The van der Waals surface area contributed by atoms with E-state index in [1.807, 2.05) is 0 Å². The summed E-state index contributed by atoms with van der Waals surface area (Å²) in [5.41, 5.74) is 0.731. The van der Waals surface area contributed by atoms with Gasteiger partial charge in [0.25, 0.3) is 0 Å². The molecule has 0 fully saturated rings. The van der Waals surface area contributed by atoms with Gasteiger partial charge in [0, 0.05) is 6.07 Å². The Hall–Kier alpha value is -1.19. The highest BCUT2D eigenvalue weighted by molar-refractivity contribution is 5.12. The van der Waals surface area contributed by atoms with E-state index in [0.717, 1.165) is 5.69 Å². The predicted octanol–water partition coefficient (Wildman–Crippen LogP) is 0.437. The van der Waals surface area contributed by atoms with Gasteiger partial charge in [-0.05, 0) is 6.92 Å². The van der Waals surface area contributed by atoms with Gasteiger partial charge >= 0.3 is 0 Å². The zero-order valence-electron chi connectivity index (χ0n) is 5.33. The zero-order chi connectivity index (χ0) is 6.85. The van der Waals surface area contributed by atoms with Crippen molar-refractivity contribution in [1.82, 2.24) is 9.94 Å². The number of methoxy groups -OCH3 is 1. The monoisotopic (exact) mass is 128 g/mol. The highest BCUT2D eigenvalue weighted by Crippen LogP contribution is 2.08. The molecule has 1 rings (SSSR count). The summed E-state index contributed by atoms with van der Waals surface area (Å²) in [7, 11) is 1.48. The Morgan fingerprint density at radius 3 is 2.67 bits per heavy atom. The van der Waals surface area contributed by atoms with Crippen LogP contribution in [0.3, 0.4) is 0 Å². The van der Waals surface area contributed by atoms with Gasteiger partial charge in [0.2, 0.25) is 5.88 Å². The molecule has 0 amide bonds. The number of hydrogen-bond donors (Lipinski definition) is 1. The van der Waals surface area contributed by atoms with Crippen molar-refractivity contribution in [2.45, 2.75) is 6.92 Å². The van der Waals surface area contributed by atoms with Crippen molar-refractivity contribution in [2.24, 2.45) is 0 Å². The minimum atomic E-state index is 0.354. The van der Waals surface area contributed by atoms with E-state index in [1.165, 1.54) is 7.11 Å². The van der Waals surface area contributed by atoms with Crippen molar-refractivity contribution in [2.75, 3.05) is 7.11 Å². The predicted molar refractivity (Wildman–Crippen MR) is 30.7 cm³/mol. The number of aromatic nitrogens is 2. The van der Waals surface area contributed by atoms with Crippen LogP contribution in [0.25, 0.3) is 0 Å². The molecule has 0 unspecified atom stereocenters. The van der Waals surface area contributed by atoms with Gasteiger partial charge in [-0.25, -0.2) is 0 Å². The third kappa shape index (κ3) is 0.960. The summed E-state index contributed by atoms with van der Waals surface area (Å²) in [6.07, 6.45) is 0. The molecule has 0 aromatic carbocycles. The fraction of sp³-hybridized carbons (Fsp3) is 0.400. The van der Waals surface area contributed by atoms with Crippen LogP contribution in [-0.4, -0.2) is 22.3 Å². The van der Waals surface area contributed by atoms with Crippen LogP contribution in [-0.2, 0) is 0 Å². The van der Waals surface area contributed by atoms with Crippen LogP contribution >= 0.6 is 0 Å². The SMILES string of the molecule is COc1cc(C)nn1O. The number of nitrogens with zero attached hydrogens (tertiary/aromatic N) is 2. The van der Waals surface area contributed by atoms with E-state index < -0.39 is 0 Å². The van der Waals surface area contributed by atoms with E-state index in [9.17, 15) is 0 Å². The molecule has 0 aliphatic heterocycles. The number of rotatable bonds is 1. The van der Waals surface area contributed by atoms with Crippen molar-refractivity contribution in [1.29, 1.82) is 0 Å². The lowest BCUT2D eigenvalue weighted by Crippen LogP contribution is -1.95. The third-order valence-electron chi connectivity index (χ3n) is 0.991. The van der Waals surface area contributed by atoms with Crippen LogP contribution in [0.5, 0.6) is 5.88 Å². The van der Waals surface area contributed by atoms with E-state index in [-0.39, 0.29) is 0 Å². The maximum Gasteiger partial charge on any atom is 0.250 e. The Morgan fingerprint density at radius 2 is 2.44 bits per heavy atom. The van der Waals surface area contributed by atoms with Gasteiger partial charge in [-0.15, -0.1) is 5.10 Å². The fourth-order valence-electron chi connectivity index (χ4n) is 0.605. The van der Waals surface area contributed by atoms with Gasteiger partial charge in [-0.3, -0.25) is 0 Å². The van der Waals surface area contributed by atoms with E-state index in [2.05, 4.69) is 5.10 Å². The normalized spacial score (nSPS) is 9.56. The summed E-state index contributed by atoms with van der Waals surface area (Å²) < 4.78 is 4.72. The summed E-state index contributed by atoms with van der Waals surface area (Å²) in [5, 5.41) is 12.4. The molecule has 0 bridgehead atoms. The number of aryl methyl sites for hydroxylation is 1. The molecule has 0 atom stereocenters. The topological polar surface area (TPSA) is 47.3 Å². The van der Waals surface area contributed by atoms with Gasteiger partial charge in [-0.2, -0.15) is 0 Å². The summed E-state index contributed by atoms with van der Waals surface area (Å²) in [6, 6.07) is 1.64. The molecule has 0 aliphatic rings. The molecule has 1 heterocycles. The van der Waals surface area contributed by atoms with Crippen LogP contribution in [0.4, 0.5) is 0 Å². The summed E-state index contributed by atoms with van der Waals surface area (Å²) >= 11 is 0. The molecule has 0 saturated carbocycles. The quantitative estimate of drug-likeness (QED) is 0.558. The minimum absolute atomic E-state index is 0.354. The molecule has 0 aliphatic carbocycles. The van der Waals surface area contributed by atoms with Crippen LogP contribution in [0.1, 0.15) is 5.69 Å². The Bertz CT molecular complexity index is 207. The lowest BCUT2D eigenvalue weighted by molar-refractivity contribution is 0.119. The van der Waals surface area contributed by atoms with E-state index in [1.54, 1.807) is 13.0 Å². The second kappa shape index (κ2) is 1.97. The average Bonchev–Trinajstić information content (AvgIpc) is 2.10. The van der Waals surface area contributed by atoms with E-state index in [0.29, 0.717) is 10.7 Å². The summed E-state index contributed by atoms with van der Waals surface area (Å²) in [5.74, 6) is 0.354. The first kappa shape index (κ1) is 5.94. The lowest BCUT2D eigenvalue weighted by atomic mass is 10.5. The highest BCUT2D eigenvalue weighted by atomic mass is 16.6. The molecule has 0 saturated heterocycles. The molecule has 9 heavy (non-hydrogen) atoms. The van der Waals surface area contributed by atoms with Gasteiger partial charge in [0.05, 0.1) is 12.8 Å². The van der Waals surface area contributed by atoms with Crippen LogP contribution in [0, 0.1) is 6.92 Å². The second-order valence-corrected chi connectivity index (χ2v) is 1.72. The standard InChI is InChI=1S/C5H8N2O2/c1-4-3-5(9-2)7(8)6-4/h3,8H,1-2H3. The molecule has 4 nitrogen and oxygen atoms in total. The average molecular weight is 128 g/mol. The molecule has 4 heteroatoms. The number of ether oxygens (including phenoxy) is 1.